The minimum absolute atomic E-state index is 0.0781. The van der Waals surface area contributed by atoms with Crippen LogP contribution in [0.3, 0.4) is 0 Å². The van der Waals surface area contributed by atoms with E-state index in [1.165, 1.54) is 41.3 Å². The molecular weight excluding hydrogens is 604 g/mol. The summed E-state index contributed by atoms with van der Waals surface area (Å²) in [4.78, 5) is 14.5. The molecule has 1 heterocycles. The van der Waals surface area contributed by atoms with Gasteiger partial charge in [-0.1, -0.05) is 40.2 Å². The van der Waals surface area contributed by atoms with Crippen LogP contribution in [-0.2, 0) is 20.7 Å². The van der Waals surface area contributed by atoms with Crippen molar-refractivity contribution in [3.8, 4) is 5.75 Å². The highest BCUT2D eigenvalue weighted by atomic mass is 79.9. The third-order valence-electron chi connectivity index (χ3n) is 7.58. The lowest BCUT2D eigenvalue weighted by Gasteiger charge is -2.36. The van der Waals surface area contributed by atoms with Gasteiger partial charge in [0.15, 0.2) is 6.04 Å². The van der Waals surface area contributed by atoms with Gasteiger partial charge in [0.05, 0.1) is 11.0 Å². The Morgan fingerprint density at radius 1 is 1.00 bits per heavy atom. The second kappa shape index (κ2) is 11.7. The molecule has 1 saturated heterocycles. The zero-order chi connectivity index (χ0) is 28.5. The van der Waals surface area contributed by atoms with Crippen LogP contribution in [0.1, 0.15) is 44.1 Å². The first-order valence-corrected chi connectivity index (χ1v) is 15.7. The lowest BCUT2D eigenvalue weighted by atomic mass is 9.99. The monoisotopic (exact) mass is 635 g/mol. The summed E-state index contributed by atoms with van der Waals surface area (Å²) in [6.07, 6.45) is 5.69. The van der Waals surface area contributed by atoms with E-state index in [0.717, 1.165) is 31.1 Å². The molecular formula is C29H32BrF2N3O4S. The molecule has 3 N–H and O–H groups in total. The van der Waals surface area contributed by atoms with Gasteiger partial charge in [-0.05, 0) is 85.7 Å². The summed E-state index contributed by atoms with van der Waals surface area (Å²) in [6, 6.07) is 12.2. The number of nitrogens with zero attached hydrogens (tertiary/aromatic N) is 1. The van der Waals surface area contributed by atoms with Crippen LogP contribution in [0, 0.1) is 0 Å². The van der Waals surface area contributed by atoms with E-state index < -0.39 is 33.5 Å². The van der Waals surface area contributed by atoms with Crippen molar-refractivity contribution >= 4 is 42.6 Å². The topological polar surface area (TPSA) is 102 Å². The van der Waals surface area contributed by atoms with E-state index in [4.69, 9.17) is 10.5 Å². The number of fused-ring (bicyclic) bond motifs is 1. The van der Waals surface area contributed by atoms with Crippen LogP contribution in [0.4, 0.5) is 8.78 Å². The van der Waals surface area contributed by atoms with Gasteiger partial charge in [0.1, 0.15) is 5.75 Å². The first kappa shape index (κ1) is 28.9. The Bertz CT molecular complexity index is 1480. The molecule has 214 valence electrons. The largest absolute Gasteiger partial charge is 0.490 e. The van der Waals surface area contributed by atoms with Crippen molar-refractivity contribution in [2.75, 3.05) is 13.1 Å². The molecule has 0 unspecified atom stereocenters. The number of hydrogen-bond donors (Lipinski definition) is 2. The maximum Gasteiger partial charge on any atom is 0.298 e. The van der Waals surface area contributed by atoms with Crippen LogP contribution in [0.25, 0.3) is 10.8 Å². The van der Waals surface area contributed by atoms with Crippen LogP contribution in [-0.4, -0.2) is 50.5 Å². The van der Waals surface area contributed by atoms with Crippen LogP contribution in [0.2, 0.25) is 0 Å². The number of carbonyl (C=O) groups excluding carboxylic acids is 1. The lowest BCUT2D eigenvalue weighted by Crippen LogP contribution is -2.58. The molecule has 2 atom stereocenters. The van der Waals surface area contributed by atoms with Gasteiger partial charge in [-0.3, -0.25) is 4.79 Å². The van der Waals surface area contributed by atoms with Crippen molar-refractivity contribution < 1.29 is 26.7 Å². The highest BCUT2D eigenvalue weighted by Gasteiger charge is 2.50. The third kappa shape index (κ3) is 6.32. The van der Waals surface area contributed by atoms with Crippen molar-refractivity contribution in [3.05, 3.63) is 70.7 Å². The summed E-state index contributed by atoms with van der Waals surface area (Å²) in [6.45, 7) is 0.303. The first-order valence-electron chi connectivity index (χ1n) is 13.4. The second-order valence-electron chi connectivity index (χ2n) is 10.6. The van der Waals surface area contributed by atoms with Gasteiger partial charge in [-0.15, -0.1) is 0 Å². The Morgan fingerprint density at radius 3 is 2.38 bits per heavy atom. The highest BCUT2D eigenvalue weighted by molar-refractivity contribution is 9.10. The van der Waals surface area contributed by atoms with Crippen molar-refractivity contribution in [2.24, 2.45) is 5.73 Å². The predicted molar refractivity (Wildman–Crippen MR) is 153 cm³/mol. The molecule has 2 fully saturated rings. The van der Waals surface area contributed by atoms with Gasteiger partial charge < -0.3 is 15.4 Å². The predicted octanol–water partition coefficient (Wildman–Crippen LogP) is 5.31. The van der Waals surface area contributed by atoms with E-state index in [2.05, 4.69) is 20.7 Å². The third-order valence-corrected chi connectivity index (χ3v) is 9.53. The molecule has 1 aliphatic heterocycles. The first-order chi connectivity index (χ1) is 19.0. The summed E-state index contributed by atoms with van der Waals surface area (Å²) in [5.74, 6) is -4.15. The number of halogens is 3. The van der Waals surface area contributed by atoms with E-state index >= 15 is 8.78 Å². The molecule has 1 aliphatic carbocycles. The quantitative estimate of drug-likeness (QED) is 0.349. The Balaban J connectivity index is 1.44. The van der Waals surface area contributed by atoms with Crippen molar-refractivity contribution in [1.29, 1.82) is 0 Å². The summed E-state index contributed by atoms with van der Waals surface area (Å²) < 4.78 is 67.5. The Labute approximate surface area is 241 Å². The summed E-state index contributed by atoms with van der Waals surface area (Å²) in [5.41, 5.74) is 5.51. The van der Waals surface area contributed by atoms with Crippen LogP contribution in [0.15, 0.2) is 70.0 Å². The fraction of sp³-hybridized carbons (Fsp3) is 0.414. The van der Waals surface area contributed by atoms with Gasteiger partial charge in [-0.25, -0.2) is 8.42 Å². The maximum absolute atomic E-state index is 15.9. The zero-order valence-corrected chi connectivity index (χ0v) is 24.3. The number of carbonyl (C=O) groups is 1. The van der Waals surface area contributed by atoms with Gasteiger partial charge in [0.25, 0.3) is 5.92 Å². The highest BCUT2D eigenvalue weighted by Crippen LogP contribution is 2.35. The van der Waals surface area contributed by atoms with Gasteiger partial charge in [0.2, 0.25) is 15.9 Å². The molecule has 0 aromatic heterocycles. The lowest BCUT2D eigenvalue weighted by molar-refractivity contribution is -0.145. The van der Waals surface area contributed by atoms with Crippen LogP contribution in [0.5, 0.6) is 5.75 Å². The number of hydrogen-bond acceptors (Lipinski definition) is 5. The number of piperidine rings is 1. The van der Waals surface area contributed by atoms with Gasteiger partial charge >= 0.3 is 0 Å². The van der Waals surface area contributed by atoms with E-state index in [1.807, 2.05) is 6.07 Å². The molecule has 7 nitrogen and oxygen atoms in total. The second-order valence-corrected chi connectivity index (χ2v) is 13.2. The zero-order valence-electron chi connectivity index (χ0n) is 21.9. The molecule has 1 saturated carbocycles. The minimum Gasteiger partial charge on any atom is -0.490 e. The Kier molecular flexibility index (Phi) is 8.47. The maximum atomic E-state index is 15.9. The van der Waals surface area contributed by atoms with Crippen molar-refractivity contribution in [1.82, 2.24) is 9.62 Å². The van der Waals surface area contributed by atoms with Gasteiger partial charge in [-0.2, -0.15) is 13.5 Å². The van der Waals surface area contributed by atoms with Gasteiger partial charge in [0, 0.05) is 29.2 Å². The fourth-order valence-corrected chi connectivity index (χ4v) is 6.86. The molecule has 1 amide bonds. The molecule has 40 heavy (non-hydrogen) atoms. The average Bonchev–Trinajstić information content (AvgIpc) is 3.44. The number of benzene rings is 3. The molecule has 0 bridgehead atoms. The molecule has 11 heteroatoms. The SMILES string of the molecule is N[C@H]1CCCN(C(=O)[C@@H](NS(=O)(=O)c2ccc3cc(OC4CCCC4)ccc3c2)C(F)(F)c2ccc(Br)cc2)C1. The van der Waals surface area contributed by atoms with Crippen molar-refractivity contribution in [2.45, 2.75) is 67.5 Å². The smallest absolute Gasteiger partial charge is 0.298 e. The molecule has 0 spiro atoms. The fourth-order valence-electron chi connectivity index (χ4n) is 5.38. The van der Waals surface area contributed by atoms with Crippen LogP contribution < -0.4 is 15.2 Å². The number of ether oxygens (including phenoxy) is 1. The van der Waals surface area contributed by atoms with E-state index in [1.54, 1.807) is 18.2 Å². The number of amides is 1. The summed E-state index contributed by atoms with van der Waals surface area (Å²) >= 11 is 3.22. The summed E-state index contributed by atoms with van der Waals surface area (Å²) in [5, 5.41) is 1.36. The number of alkyl halides is 2. The Morgan fingerprint density at radius 2 is 1.68 bits per heavy atom. The molecule has 0 radical (unpaired) electrons. The number of nitrogens with one attached hydrogen (secondary N) is 1. The number of sulfonamides is 1. The van der Waals surface area contributed by atoms with E-state index in [0.29, 0.717) is 28.5 Å². The van der Waals surface area contributed by atoms with E-state index in [9.17, 15) is 13.2 Å². The molecule has 2 aliphatic rings. The van der Waals surface area contributed by atoms with Crippen LogP contribution >= 0.6 is 15.9 Å². The molecule has 5 rings (SSSR count). The van der Waals surface area contributed by atoms with E-state index in [-0.39, 0.29) is 30.1 Å². The summed E-state index contributed by atoms with van der Waals surface area (Å²) in [7, 11) is -4.53. The number of likely N-dealkylation sites (tertiary alicyclic amines) is 1. The molecule has 3 aromatic rings. The normalized spacial score (nSPS) is 19.6. The average molecular weight is 637 g/mol. The number of nitrogens with two attached hydrogens (primary N) is 1. The standard InChI is InChI=1S/C29H32BrF2N3O4S/c30-22-11-9-21(10-12-22)29(31,32)27(28(36)35-15-3-4-23(33)18-35)34-40(37,38)26-14-8-19-16-25(13-7-20(19)17-26)39-24-5-1-2-6-24/h7-14,16-17,23-24,27,34H,1-6,15,18,33H2/t23-,27+/m0/s1. The van der Waals surface area contributed by atoms with Crippen molar-refractivity contribution in [3.63, 3.8) is 0 Å². The Hall–Kier alpha value is -2.60. The molecule has 3 aromatic carbocycles. The number of rotatable bonds is 8. The minimum atomic E-state index is -4.53.